The molecule has 2 atom stereocenters. The van der Waals surface area contributed by atoms with E-state index in [1.54, 1.807) is 39.1 Å². The first kappa shape index (κ1) is 26.3. The van der Waals surface area contributed by atoms with Crippen molar-refractivity contribution in [2.45, 2.75) is 32.7 Å². The van der Waals surface area contributed by atoms with Crippen LogP contribution in [0.5, 0.6) is 11.5 Å². The van der Waals surface area contributed by atoms with Crippen molar-refractivity contribution < 1.29 is 33.3 Å². The number of carbonyl (C=O) groups excluding carboxylic acids is 3. The Morgan fingerprint density at radius 2 is 1.86 bits per heavy atom. The molecule has 2 amide bonds. The highest BCUT2D eigenvalue weighted by molar-refractivity contribution is 5.95. The maximum absolute atomic E-state index is 13.3. The molecule has 0 aromatic heterocycles. The molecule has 0 bridgehead atoms. The van der Waals surface area contributed by atoms with Gasteiger partial charge in [-0.3, -0.25) is 14.6 Å². The number of carbonyl (C=O) groups is 3. The Morgan fingerprint density at radius 3 is 2.51 bits per heavy atom. The van der Waals surface area contributed by atoms with Crippen molar-refractivity contribution in [1.29, 1.82) is 0 Å². The fourth-order valence-electron chi connectivity index (χ4n) is 4.63. The molecule has 0 unspecified atom stereocenters. The quantitative estimate of drug-likeness (QED) is 0.528. The first-order chi connectivity index (χ1) is 16.9. The number of esters is 2. The first-order valence-electron chi connectivity index (χ1n) is 11.9. The molecular formula is C25H35N3O7. The Kier molecular flexibility index (Phi) is 8.97. The van der Waals surface area contributed by atoms with Crippen LogP contribution in [0.3, 0.4) is 0 Å². The Hall–Kier alpha value is -3.27. The number of ether oxygens (including phenoxy) is 4. The van der Waals surface area contributed by atoms with Crippen LogP contribution in [0.25, 0.3) is 0 Å². The molecule has 2 heterocycles. The van der Waals surface area contributed by atoms with E-state index in [0.29, 0.717) is 48.0 Å². The highest BCUT2D eigenvalue weighted by Crippen LogP contribution is 2.40. The van der Waals surface area contributed by atoms with Crippen LogP contribution < -0.4 is 14.8 Å². The molecule has 1 N–H and O–H groups in total. The zero-order chi connectivity index (χ0) is 25.5. The van der Waals surface area contributed by atoms with E-state index in [9.17, 15) is 14.4 Å². The van der Waals surface area contributed by atoms with Gasteiger partial charge in [0.2, 0.25) is 0 Å². The fourth-order valence-corrected chi connectivity index (χ4v) is 4.63. The largest absolute Gasteiger partial charge is 0.493 e. The van der Waals surface area contributed by atoms with Crippen LogP contribution in [0, 0.1) is 5.92 Å². The Morgan fingerprint density at radius 1 is 1.11 bits per heavy atom. The number of piperidine rings is 1. The highest BCUT2D eigenvalue weighted by Gasteiger charge is 2.39. The monoisotopic (exact) mass is 489 g/mol. The molecule has 0 saturated carbocycles. The summed E-state index contributed by atoms with van der Waals surface area (Å²) in [5.41, 5.74) is 1.42. The molecule has 0 spiro atoms. The highest BCUT2D eigenvalue weighted by atomic mass is 16.5. The number of urea groups is 1. The van der Waals surface area contributed by atoms with E-state index in [-0.39, 0.29) is 24.5 Å². The zero-order valence-electron chi connectivity index (χ0n) is 21.1. The van der Waals surface area contributed by atoms with Crippen molar-refractivity contribution in [2.24, 2.45) is 5.92 Å². The van der Waals surface area contributed by atoms with Crippen LogP contribution in [-0.4, -0.2) is 81.9 Å². The third-order valence-electron chi connectivity index (χ3n) is 6.32. The second-order valence-corrected chi connectivity index (χ2v) is 8.43. The average molecular weight is 490 g/mol. The summed E-state index contributed by atoms with van der Waals surface area (Å²) >= 11 is 0. The van der Waals surface area contributed by atoms with Gasteiger partial charge < -0.3 is 24.3 Å². The van der Waals surface area contributed by atoms with Gasteiger partial charge in [0.1, 0.15) is 0 Å². The number of hydrogen-bond acceptors (Lipinski definition) is 8. The summed E-state index contributed by atoms with van der Waals surface area (Å²) < 4.78 is 21.7. The molecule has 35 heavy (non-hydrogen) atoms. The molecule has 1 saturated heterocycles. The summed E-state index contributed by atoms with van der Waals surface area (Å²) in [6.07, 6.45) is 1.56. The minimum Gasteiger partial charge on any atom is -0.493 e. The molecule has 1 aromatic rings. The number of para-hydroxylation sites is 1. The standard InChI is InChI=1S/C25H35N3O7/c1-6-34-23(29)16-10-9-13-28(14-16)15-18-20(24(30)35-7-2)21(26-25(31)27(18)3)17-11-8-12-19(32-4)22(17)33-5/h8,11-12,16,21H,6-7,9-10,13-15H2,1-5H3,(H,26,31)/t16-,21+/m1/s1. The lowest BCUT2D eigenvalue weighted by Crippen LogP contribution is -2.50. The van der Waals surface area contributed by atoms with Crippen LogP contribution in [0.15, 0.2) is 29.5 Å². The molecular weight excluding hydrogens is 454 g/mol. The van der Waals surface area contributed by atoms with Gasteiger partial charge in [-0.25, -0.2) is 9.59 Å². The van der Waals surface area contributed by atoms with Crippen LogP contribution in [-0.2, 0) is 19.1 Å². The van der Waals surface area contributed by atoms with E-state index >= 15 is 0 Å². The first-order valence-corrected chi connectivity index (χ1v) is 11.9. The lowest BCUT2D eigenvalue weighted by molar-refractivity contribution is -0.150. The molecule has 0 aliphatic carbocycles. The van der Waals surface area contributed by atoms with Gasteiger partial charge in [0.25, 0.3) is 0 Å². The van der Waals surface area contributed by atoms with Crippen LogP contribution in [0.1, 0.15) is 38.3 Å². The number of benzene rings is 1. The molecule has 0 radical (unpaired) electrons. The van der Waals surface area contributed by atoms with Crippen molar-refractivity contribution in [3.63, 3.8) is 0 Å². The maximum Gasteiger partial charge on any atom is 0.338 e. The summed E-state index contributed by atoms with van der Waals surface area (Å²) in [4.78, 5) is 42.2. The second-order valence-electron chi connectivity index (χ2n) is 8.43. The predicted molar refractivity (Wildman–Crippen MR) is 128 cm³/mol. The van der Waals surface area contributed by atoms with Gasteiger partial charge in [-0.1, -0.05) is 12.1 Å². The third kappa shape index (κ3) is 5.70. The molecule has 2 aliphatic heterocycles. The summed E-state index contributed by atoms with van der Waals surface area (Å²) in [5.74, 6) is -0.0800. The van der Waals surface area contributed by atoms with Gasteiger partial charge in [-0.2, -0.15) is 0 Å². The normalized spacial score (nSPS) is 20.8. The van der Waals surface area contributed by atoms with Gasteiger partial charge in [-0.15, -0.1) is 0 Å². The van der Waals surface area contributed by atoms with E-state index in [0.717, 1.165) is 19.4 Å². The van der Waals surface area contributed by atoms with E-state index in [1.165, 1.54) is 19.1 Å². The number of rotatable bonds is 9. The van der Waals surface area contributed by atoms with Crippen molar-refractivity contribution in [3.05, 3.63) is 35.0 Å². The van der Waals surface area contributed by atoms with Crippen LogP contribution in [0.2, 0.25) is 0 Å². The minimum absolute atomic E-state index is 0.184. The topological polar surface area (TPSA) is 107 Å². The number of likely N-dealkylation sites (N-methyl/N-ethyl adjacent to an activating group) is 1. The average Bonchev–Trinajstić information content (AvgIpc) is 2.86. The summed E-state index contributed by atoms with van der Waals surface area (Å²) in [6, 6.07) is 4.15. The molecule has 2 aliphatic rings. The Labute approximate surface area is 206 Å². The smallest absolute Gasteiger partial charge is 0.338 e. The SMILES string of the molecule is CCOC(=O)C1=C(CN2CCC[C@@H](C(=O)OCC)C2)N(C)C(=O)N[C@H]1c1cccc(OC)c1OC. The lowest BCUT2D eigenvalue weighted by Gasteiger charge is -2.38. The number of amides is 2. The van der Waals surface area contributed by atoms with Gasteiger partial charge >= 0.3 is 18.0 Å². The van der Waals surface area contributed by atoms with E-state index in [4.69, 9.17) is 18.9 Å². The molecule has 3 rings (SSSR count). The summed E-state index contributed by atoms with van der Waals surface area (Å²) in [5, 5.41) is 2.91. The van der Waals surface area contributed by atoms with Gasteiger partial charge in [-0.05, 0) is 39.3 Å². The Bertz CT molecular complexity index is 978. The number of nitrogens with zero attached hydrogens (tertiary/aromatic N) is 2. The van der Waals surface area contributed by atoms with E-state index < -0.39 is 12.0 Å². The Balaban J connectivity index is 2.05. The molecule has 1 fully saturated rings. The van der Waals surface area contributed by atoms with E-state index in [2.05, 4.69) is 10.2 Å². The number of likely N-dealkylation sites (tertiary alicyclic amines) is 1. The van der Waals surface area contributed by atoms with Crippen molar-refractivity contribution in [2.75, 3.05) is 54.1 Å². The fraction of sp³-hybridized carbons (Fsp3) is 0.560. The van der Waals surface area contributed by atoms with Gasteiger partial charge in [0, 0.05) is 31.4 Å². The molecule has 10 heteroatoms. The van der Waals surface area contributed by atoms with Gasteiger partial charge in [0.05, 0.1) is 45.0 Å². The van der Waals surface area contributed by atoms with E-state index in [1.807, 2.05) is 0 Å². The minimum atomic E-state index is -0.802. The van der Waals surface area contributed by atoms with Crippen LogP contribution >= 0.6 is 0 Å². The number of hydrogen-bond donors (Lipinski definition) is 1. The van der Waals surface area contributed by atoms with Crippen molar-refractivity contribution >= 4 is 18.0 Å². The summed E-state index contributed by atoms with van der Waals surface area (Å²) in [6.45, 7) is 5.57. The summed E-state index contributed by atoms with van der Waals surface area (Å²) in [7, 11) is 4.66. The zero-order valence-corrected chi connectivity index (χ0v) is 21.1. The third-order valence-corrected chi connectivity index (χ3v) is 6.32. The molecule has 1 aromatic carbocycles. The molecule has 192 valence electrons. The second kappa shape index (κ2) is 11.9. The van der Waals surface area contributed by atoms with Crippen molar-refractivity contribution in [1.82, 2.24) is 15.1 Å². The van der Waals surface area contributed by atoms with Gasteiger partial charge in [0.15, 0.2) is 11.5 Å². The maximum atomic E-state index is 13.3. The lowest BCUT2D eigenvalue weighted by atomic mass is 9.92. The number of nitrogens with one attached hydrogen (secondary N) is 1. The predicted octanol–water partition coefficient (Wildman–Crippen LogP) is 2.49. The van der Waals surface area contributed by atoms with Crippen molar-refractivity contribution in [3.8, 4) is 11.5 Å². The molecule has 10 nitrogen and oxygen atoms in total. The van der Waals surface area contributed by atoms with Crippen LogP contribution in [0.4, 0.5) is 4.79 Å². The number of methoxy groups -OCH3 is 2.